The average Bonchev–Trinajstić information content (AvgIpc) is 2.91. The fraction of sp³-hybridized carbons (Fsp3) is 0.833. The third kappa shape index (κ3) is 3.00. The Bertz CT molecular complexity index is 676. The second kappa shape index (κ2) is 7.08. The van der Waals surface area contributed by atoms with Gasteiger partial charge in [0, 0.05) is 17.7 Å². The highest BCUT2D eigenvalue weighted by Crippen LogP contribution is 2.67. The van der Waals surface area contributed by atoms with E-state index in [4.69, 9.17) is 11.6 Å². The van der Waals surface area contributed by atoms with E-state index in [1.54, 1.807) is 0 Å². The molecule has 150 valence electrons. The van der Waals surface area contributed by atoms with E-state index in [9.17, 15) is 10.2 Å². The Hall–Kier alpha value is -0.490. The molecule has 7 atom stereocenters. The van der Waals surface area contributed by atoms with Crippen molar-refractivity contribution < 1.29 is 10.2 Å². The summed E-state index contributed by atoms with van der Waals surface area (Å²) in [6.07, 6.45) is 12.2. The first-order valence-electron chi connectivity index (χ1n) is 11.0. The topological polar surface area (TPSA) is 40.5 Å². The quantitative estimate of drug-likeness (QED) is 0.299. The summed E-state index contributed by atoms with van der Waals surface area (Å²) in [4.78, 5) is 0. The van der Waals surface area contributed by atoms with Gasteiger partial charge in [-0.1, -0.05) is 31.4 Å². The normalized spacial score (nSPS) is 48.6. The van der Waals surface area contributed by atoms with Crippen LogP contribution in [0.2, 0.25) is 0 Å². The summed E-state index contributed by atoms with van der Waals surface area (Å²) in [5.41, 5.74) is 0.858. The molecule has 0 spiro atoms. The number of hydrogen-bond acceptors (Lipinski definition) is 2. The third-order valence-corrected chi connectivity index (χ3v) is 9.23. The summed E-state index contributed by atoms with van der Waals surface area (Å²) in [6, 6.07) is 0. The van der Waals surface area contributed by atoms with Crippen molar-refractivity contribution in [3.63, 3.8) is 0 Å². The van der Waals surface area contributed by atoms with Gasteiger partial charge in [0.2, 0.25) is 0 Å². The fourth-order valence-electron chi connectivity index (χ4n) is 7.23. The maximum absolute atomic E-state index is 11.5. The molecule has 0 aliphatic heterocycles. The molecule has 0 aromatic rings. The van der Waals surface area contributed by atoms with Crippen molar-refractivity contribution in [2.45, 2.75) is 89.8 Å². The maximum Gasteiger partial charge on any atom is 0.131 e. The average molecular weight is 391 g/mol. The molecule has 0 amide bonds. The molecule has 0 radical (unpaired) electrons. The molecule has 2 nitrogen and oxygen atoms in total. The number of alkyl halides is 1. The van der Waals surface area contributed by atoms with Crippen LogP contribution >= 0.6 is 11.6 Å². The van der Waals surface area contributed by atoms with Crippen molar-refractivity contribution >= 4 is 11.6 Å². The van der Waals surface area contributed by atoms with Crippen LogP contribution in [0.15, 0.2) is 11.6 Å². The number of aliphatic hydroxyl groups excluding tert-OH is 1. The zero-order valence-corrected chi connectivity index (χ0v) is 17.7. The minimum atomic E-state index is -0.831. The van der Waals surface area contributed by atoms with E-state index < -0.39 is 5.60 Å². The molecule has 3 saturated carbocycles. The minimum absolute atomic E-state index is 0.0853. The van der Waals surface area contributed by atoms with Gasteiger partial charge >= 0.3 is 0 Å². The van der Waals surface area contributed by atoms with Crippen LogP contribution in [0.25, 0.3) is 0 Å². The third-order valence-electron chi connectivity index (χ3n) is 8.96. The Morgan fingerprint density at radius 3 is 2.70 bits per heavy atom. The first kappa shape index (κ1) is 19.8. The summed E-state index contributed by atoms with van der Waals surface area (Å²) in [7, 11) is 0. The number of fused-ring (bicyclic) bond motifs is 5. The van der Waals surface area contributed by atoms with E-state index >= 15 is 0 Å². The fourth-order valence-corrected chi connectivity index (χ4v) is 7.36. The molecule has 3 fully saturated rings. The number of halogens is 1. The van der Waals surface area contributed by atoms with Crippen molar-refractivity contribution in [2.75, 3.05) is 5.88 Å². The molecule has 0 aromatic carbocycles. The molecular weight excluding hydrogens is 356 g/mol. The van der Waals surface area contributed by atoms with Crippen LogP contribution < -0.4 is 0 Å². The van der Waals surface area contributed by atoms with Gasteiger partial charge in [0.25, 0.3) is 0 Å². The van der Waals surface area contributed by atoms with E-state index in [0.29, 0.717) is 23.6 Å². The number of allylic oxidation sites excluding steroid dienone is 1. The lowest BCUT2D eigenvalue weighted by molar-refractivity contribution is -0.0970. The number of hydrogen-bond donors (Lipinski definition) is 2. The van der Waals surface area contributed by atoms with Gasteiger partial charge < -0.3 is 10.2 Å². The van der Waals surface area contributed by atoms with Crippen LogP contribution in [0, 0.1) is 40.4 Å². The predicted octanol–water partition coefficient (Wildman–Crippen LogP) is 5.06. The van der Waals surface area contributed by atoms with Gasteiger partial charge in [-0.15, -0.1) is 17.5 Å². The second-order valence-electron chi connectivity index (χ2n) is 10.1. The van der Waals surface area contributed by atoms with Gasteiger partial charge in [-0.2, -0.15) is 0 Å². The Labute approximate surface area is 169 Å². The molecule has 0 aromatic heterocycles. The highest BCUT2D eigenvalue weighted by molar-refractivity contribution is 6.17. The molecule has 0 saturated heterocycles. The lowest BCUT2D eigenvalue weighted by Crippen LogP contribution is -2.54. The molecule has 0 unspecified atom stereocenters. The molecule has 4 rings (SSSR count). The van der Waals surface area contributed by atoms with Crippen molar-refractivity contribution in [1.29, 1.82) is 0 Å². The molecule has 4 aliphatic rings. The van der Waals surface area contributed by atoms with Crippen molar-refractivity contribution in [3.8, 4) is 11.8 Å². The zero-order valence-electron chi connectivity index (χ0n) is 16.9. The molecule has 0 bridgehead atoms. The molecule has 27 heavy (non-hydrogen) atoms. The van der Waals surface area contributed by atoms with E-state index in [-0.39, 0.29) is 16.9 Å². The molecule has 4 aliphatic carbocycles. The summed E-state index contributed by atoms with van der Waals surface area (Å²) < 4.78 is 0. The maximum atomic E-state index is 11.5. The molecule has 2 N–H and O–H groups in total. The predicted molar refractivity (Wildman–Crippen MR) is 110 cm³/mol. The van der Waals surface area contributed by atoms with Gasteiger partial charge in [0.1, 0.15) is 5.60 Å². The van der Waals surface area contributed by atoms with Crippen LogP contribution in [0.1, 0.15) is 78.1 Å². The first-order valence-corrected chi connectivity index (χ1v) is 11.5. The van der Waals surface area contributed by atoms with E-state index in [1.807, 2.05) is 0 Å². The van der Waals surface area contributed by atoms with Crippen molar-refractivity contribution in [3.05, 3.63) is 11.6 Å². The van der Waals surface area contributed by atoms with Crippen LogP contribution in [0.3, 0.4) is 0 Å². The van der Waals surface area contributed by atoms with Gasteiger partial charge in [-0.3, -0.25) is 0 Å². The van der Waals surface area contributed by atoms with E-state index in [2.05, 4.69) is 31.8 Å². The summed E-state index contributed by atoms with van der Waals surface area (Å²) in [5, 5.41) is 21.7. The second-order valence-corrected chi connectivity index (χ2v) is 10.5. The minimum Gasteiger partial charge on any atom is -0.393 e. The van der Waals surface area contributed by atoms with Gasteiger partial charge in [0.05, 0.1) is 6.10 Å². The Morgan fingerprint density at radius 1 is 1.15 bits per heavy atom. The monoisotopic (exact) mass is 390 g/mol. The van der Waals surface area contributed by atoms with Crippen molar-refractivity contribution in [1.82, 2.24) is 0 Å². The van der Waals surface area contributed by atoms with Gasteiger partial charge in [0.15, 0.2) is 0 Å². The largest absolute Gasteiger partial charge is 0.393 e. The standard InChI is InChI=1S/C24H35ClO2/c1-22-12-8-18(26)16-17(22)6-7-19-20(22)9-13-23(2)21(19)10-14-24(23,27)11-4-3-5-15-25/h6,18-21,26-27H,3,5,7-10,12-16H2,1-2H3/t18-,19+,20-,21-,22-,23-,24-/m0/s1. The number of rotatable bonds is 2. The van der Waals surface area contributed by atoms with Gasteiger partial charge in [-0.05, 0) is 81.0 Å². The molecule has 3 heteroatoms. The first-order chi connectivity index (χ1) is 12.8. The number of aliphatic hydroxyl groups is 2. The SMILES string of the molecule is C[C@]12CC[C@H](O)CC1=CC[C@@H]1[C@@H]2CC[C@@]2(C)[C@H]1CC[C@@]2(O)C#CCCCCl. The van der Waals surface area contributed by atoms with Crippen LogP contribution in [0.4, 0.5) is 0 Å². The van der Waals surface area contributed by atoms with Crippen LogP contribution in [-0.2, 0) is 0 Å². The highest BCUT2D eigenvalue weighted by atomic mass is 35.5. The van der Waals surface area contributed by atoms with E-state index in [1.165, 1.54) is 12.0 Å². The van der Waals surface area contributed by atoms with Crippen molar-refractivity contribution in [2.24, 2.45) is 28.6 Å². The summed E-state index contributed by atoms with van der Waals surface area (Å²) >= 11 is 5.77. The Kier molecular flexibility index (Phi) is 5.20. The highest BCUT2D eigenvalue weighted by Gasteiger charge is 2.63. The van der Waals surface area contributed by atoms with Gasteiger partial charge in [-0.25, -0.2) is 0 Å². The smallest absolute Gasteiger partial charge is 0.131 e. The molecule has 0 heterocycles. The Balaban J connectivity index is 1.59. The number of unbranched alkanes of at least 4 members (excludes halogenated alkanes) is 1. The van der Waals surface area contributed by atoms with E-state index in [0.717, 1.165) is 57.8 Å². The summed E-state index contributed by atoms with van der Waals surface area (Å²) in [5.74, 6) is 9.09. The Morgan fingerprint density at radius 2 is 1.93 bits per heavy atom. The molecular formula is C24H35ClO2. The van der Waals surface area contributed by atoms with Crippen LogP contribution in [-0.4, -0.2) is 27.8 Å². The lowest BCUT2D eigenvalue weighted by atomic mass is 9.47. The zero-order chi connectivity index (χ0) is 19.3. The van der Waals surface area contributed by atoms with Crippen LogP contribution in [0.5, 0.6) is 0 Å². The summed E-state index contributed by atoms with van der Waals surface area (Å²) in [6.45, 7) is 4.76. The lowest BCUT2D eigenvalue weighted by Gasteiger charge is -2.58.